The quantitative estimate of drug-likeness (QED) is 0.578. The van der Waals surface area contributed by atoms with Gasteiger partial charge in [0.05, 0.1) is 17.8 Å². The molecule has 5 nitrogen and oxygen atoms in total. The molecule has 0 spiro atoms. The number of hydrogen-bond acceptors (Lipinski definition) is 4. The first-order valence-corrected chi connectivity index (χ1v) is 5.96. The Morgan fingerprint density at radius 3 is 3.25 bits per heavy atom. The first kappa shape index (κ1) is 11.6. The number of aromatic nitrogens is 2. The molecular weight excluding hydrogens is 204 g/mol. The lowest BCUT2D eigenvalue weighted by Crippen LogP contribution is -2.37. The van der Waals surface area contributed by atoms with Crippen LogP contribution < -0.4 is 11.3 Å². The minimum absolute atomic E-state index is 0.0524. The third-order valence-electron chi connectivity index (χ3n) is 3.02. The SMILES string of the molecule is CCCn1nccc1C(NN)C1CCCO1. The number of nitrogens with two attached hydrogens (primary N) is 1. The molecule has 3 N–H and O–H groups in total. The van der Waals surface area contributed by atoms with Crippen LogP contribution in [0.1, 0.15) is 37.9 Å². The van der Waals surface area contributed by atoms with Crippen LogP contribution in [0.2, 0.25) is 0 Å². The average molecular weight is 224 g/mol. The minimum atomic E-state index is 0.0524. The Bertz CT molecular complexity index is 320. The van der Waals surface area contributed by atoms with Crippen LogP contribution in [0.25, 0.3) is 0 Å². The molecule has 5 heteroatoms. The molecule has 0 aromatic carbocycles. The molecule has 2 heterocycles. The maximum absolute atomic E-state index is 5.68. The molecule has 16 heavy (non-hydrogen) atoms. The Morgan fingerprint density at radius 2 is 2.62 bits per heavy atom. The van der Waals surface area contributed by atoms with Gasteiger partial charge in [0.15, 0.2) is 0 Å². The van der Waals surface area contributed by atoms with E-state index >= 15 is 0 Å². The zero-order valence-electron chi connectivity index (χ0n) is 9.72. The fourth-order valence-corrected chi connectivity index (χ4v) is 2.25. The predicted octanol–water partition coefficient (Wildman–Crippen LogP) is 0.977. The molecular formula is C11H20N4O. The average Bonchev–Trinajstić information content (AvgIpc) is 2.92. The molecule has 90 valence electrons. The Balaban J connectivity index is 2.15. The summed E-state index contributed by atoms with van der Waals surface area (Å²) in [6, 6.07) is 2.07. The number of aryl methyl sites for hydroxylation is 1. The van der Waals surface area contributed by atoms with Crippen LogP contribution in [0.3, 0.4) is 0 Å². The lowest BCUT2D eigenvalue weighted by Gasteiger charge is -2.23. The van der Waals surface area contributed by atoms with E-state index in [-0.39, 0.29) is 12.1 Å². The number of nitrogens with zero attached hydrogens (tertiary/aromatic N) is 2. The van der Waals surface area contributed by atoms with Crippen molar-refractivity contribution in [3.05, 3.63) is 18.0 Å². The first-order valence-electron chi connectivity index (χ1n) is 5.96. The summed E-state index contributed by atoms with van der Waals surface area (Å²) in [4.78, 5) is 0. The highest BCUT2D eigenvalue weighted by Crippen LogP contribution is 2.26. The van der Waals surface area contributed by atoms with Crippen LogP contribution in [0.4, 0.5) is 0 Å². The Hall–Kier alpha value is -0.910. The molecule has 2 rings (SSSR count). The molecule has 2 atom stereocenters. The monoisotopic (exact) mass is 224 g/mol. The second-order valence-electron chi connectivity index (χ2n) is 4.18. The molecule has 1 aliphatic heterocycles. The topological polar surface area (TPSA) is 65.1 Å². The van der Waals surface area contributed by atoms with Gasteiger partial charge in [-0.05, 0) is 25.3 Å². The van der Waals surface area contributed by atoms with E-state index < -0.39 is 0 Å². The Kier molecular flexibility index (Phi) is 3.93. The van der Waals surface area contributed by atoms with E-state index in [4.69, 9.17) is 10.6 Å². The lowest BCUT2D eigenvalue weighted by atomic mass is 10.1. The van der Waals surface area contributed by atoms with Crippen LogP contribution in [0.5, 0.6) is 0 Å². The normalized spacial score (nSPS) is 22.5. The summed E-state index contributed by atoms with van der Waals surface area (Å²) in [6.45, 7) is 3.90. The molecule has 0 bridgehead atoms. The van der Waals surface area contributed by atoms with Crippen LogP contribution in [-0.4, -0.2) is 22.5 Å². The molecule has 0 saturated carbocycles. The maximum Gasteiger partial charge on any atom is 0.0890 e. The summed E-state index contributed by atoms with van der Waals surface area (Å²) in [5.41, 5.74) is 3.98. The standard InChI is InChI=1S/C11H20N4O/c1-2-7-15-9(5-6-13-15)11(14-12)10-4-3-8-16-10/h5-6,10-11,14H,2-4,7-8,12H2,1H3. The van der Waals surface area contributed by atoms with Crippen LogP contribution in [-0.2, 0) is 11.3 Å². The van der Waals surface area contributed by atoms with Crippen molar-refractivity contribution in [3.63, 3.8) is 0 Å². The highest BCUT2D eigenvalue weighted by molar-refractivity contribution is 5.09. The van der Waals surface area contributed by atoms with Crippen LogP contribution in [0.15, 0.2) is 12.3 Å². The Labute approximate surface area is 95.9 Å². The van der Waals surface area contributed by atoms with E-state index in [1.807, 2.05) is 16.9 Å². The summed E-state index contributed by atoms with van der Waals surface area (Å²) in [7, 11) is 0. The van der Waals surface area contributed by atoms with Gasteiger partial charge in [-0.25, -0.2) is 5.43 Å². The van der Waals surface area contributed by atoms with Gasteiger partial charge in [0, 0.05) is 19.3 Å². The fraction of sp³-hybridized carbons (Fsp3) is 0.727. The molecule has 1 aliphatic rings. The molecule has 1 aromatic heterocycles. The van der Waals surface area contributed by atoms with Gasteiger partial charge in [-0.1, -0.05) is 6.92 Å². The van der Waals surface area contributed by atoms with E-state index in [1.54, 1.807) is 0 Å². The van der Waals surface area contributed by atoms with Crippen molar-refractivity contribution in [1.29, 1.82) is 0 Å². The van der Waals surface area contributed by atoms with Crippen molar-refractivity contribution in [2.75, 3.05) is 6.61 Å². The number of hydrogen-bond donors (Lipinski definition) is 2. The van der Waals surface area contributed by atoms with Gasteiger partial charge < -0.3 is 4.74 Å². The second kappa shape index (κ2) is 5.43. The third kappa shape index (κ3) is 2.26. The second-order valence-corrected chi connectivity index (χ2v) is 4.18. The summed E-state index contributed by atoms with van der Waals surface area (Å²) in [5.74, 6) is 5.64. The van der Waals surface area contributed by atoms with Crippen LogP contribution in [0, 0.1) is 0 Å². The number of hydrazine groups is 1. The molecule has 2 unspecified atom stereocenters. The summed E-state index contributed by atoms with van der Waals surface area (Å²) in [5, 5.41) is 4.31. The van der Waals surface area contributed by atoms with E-state index in [2.05, 4.69) is 17.4 Å². The highest BCUT2D eigenvalue weighted by atomic mass is 16.5. The Morgan fingerprint density at radius 1 is 1.75 bits per heavy atom. The lowest BCUT2D eigenvalue weighted by molar-refractivity contribution is 0.0754. The summed E-state index contributed by atoms with van der Waals surface area (Å²) >= 11 is 0. The smallest absolute Gasteiger partial charge is 0.0890 e. The number of rotatable bonds is 5. The molecule has 1 saturated heterocycles. The zero-order valence-corrected chi connectivity index (χ0v) is 9.72. The van der Waals surface area contributed by atoms with Gasteiger partial charge >= 0.3 is 0 Å². The summed E-state index contributed by atoms with van der Waals surface area (Å²) < 4.78 is 7.69. The first-order chi connectivity index (χ1) is 7.86. The number of ether oxygens (including phenoxy) is 1. The highest BCUT2D eigenvalue weighted by Gasteiger charge is 2.28. The van der Waals surface area contributed by atoms with Crippen molar-refractivity contribution < 1.29 is 4.74 Å². The van der Waals surface area contributed by atoms with Crippen molar-refractivity contribution in [2.45, 2.75) is 44.9 Å². The largest absolute Gasteiger partial charge is 0.376 e. The van der Waals surface area contributed by atoms with E-state index in [0.717, 1.165) is 38.1 Å². The van der Waals surface area contributed by atoms with Gasteiger partial charge in [0.25, 0.3) is 0 Å². The van der Waals surface area contributed by atoms with Crippen molar-refractivity contribution in [1.82, 2.24) is 15.2 Å². The minimum Gasteiger partial charge on any atom is -0.376 e. The zero-order chi connectivity index (χ0) is 11.4. The van der Waals surface area contributed by atoms with Gasteiger partial charge in [0.1, 0.15) is 0 Å². The van der Waals surface area contributed by atoms with E-state index in [0.29, 0.717) is 0 Å². The molecule has 0 aliphatic carbocycles. The molecule has 1 fully saturated rings. The predicted molar refractivity (Wildman–Crippen MR) is 61.6 cm³/mol. The van der Waals surface area contributed by atoms with Gasteiger partial charge in [-0.15, -0.1) is 0 Å². The molecule has 0 amide bonds. The van der Waals surface area contributed by atoms with Gasteiger partial charge in [0.2, 0.25) is 0 Å². The molecule has 1 aromatic rings. The van der Waals surface area contributed by atoms with Crippen molar-refractivity contribution in [2.24, 2.45) is 5.84 Å². The van der Waals surface area contributed by atoms with Gasteiger partial charge in [-0.2, -0.15) is 5.10 Å². The number of nitrogens with one attached hydrogen (secondary N) is 1. The summed E-state index contributed by atoms with van der Waals surface area (Å²) in [6.07, 6.45) is 5.25. The molecule has 0 radical (unpaired) electrons. The third-order valence-corrected chi connectivity index (χ3v) is 3.02. The van der Waals surface area contributed by atoms with Crippen molar-refractivity contribution >= 4 is 0 Å². The van der Waals surface area contributed by atoms with Crippen LogP contribution >= 0.6 is 0 Å². The fourth-order valence-electron chi connectivity index (χ4n) is 2.25. The maximum atomic E-state index is 5.68. The van der Waals surface area contributed by atoms with E-state index in [1.165, 1.54) is 0 Å². The van der Waals surface area contributed by atoms with Crippen molar-refractivity contribution in [3.8, 4) is 0 Å². The van der Waals surface area contributed by atoms with E-state index in [9.17, 15) is 0 Å². The van der Waals surface area contributed by atoms with Gasteiger partial charge in [-0.3, -0.25) is 10.5 Å².